The molecule has 0 atom stereocenters. The van der Waals surface area contributed by atoms with Gasteiger partial charge in [-0.2, -0.15) is 0 Å². The molecule has 1 aliphatic rings. The smallest absolute Gasteiger partial charge is 0.233 e. The highest BCUT2D eigenvalue weighted by Crippen LogP contribution is 2.20. The van der Waals surface area contributed by atoms with Crippen molar-refractivity contribution in [3.8, 4) is 0 Å². The quantitative estimate of drug-likeness (QED) is 0.812. The van der Waals surface area contributed by atoms with Crippen molar-refractivity contribution in [2.45, 2.75) is 4.90 Å². The molecule has 1 aromatic carbocycles. The number of carbonyl (C=O) groups excluding carboxylic acids is 1. The van der Waals surface area contributed by atoms with E-state index in [4.69, 9.17) is 0 Å². The van der Waals surface area contributed by atoms with Gasteiger partial charge in [0.25, 0.3) is 0 Å². The van der Waals surface area contributed by atoms with E-state index in [-0.39, 0.29) is 5.91 Å². The second-order valence-electron chi connectivity index (χ2n) is 4.78. The fourth-order valence-corrected chi connectivity index (χ4v) is 3.79. The van der Waals surface area contributed by atoms with Crippen molar-refractivity contribution in [1.29, 1.82) is 0 Å². The molecule has 0 N–H and O–H groups in total. The van der Waals surface area contributed by atoms with E-state index in [1.165, 1.54) is 0 Å². The number of rotatable bonds is 4. The van der Waals surface area contributed by atoms with Gasteiger partial charge in [-0.25, -0.2) is 4.98 Å². The molecule has 0 unspecified atom stereocenters. The zero-order valence-corrected chi connectivity index (χ0v) is 13.3. The number of thiazole rings is 1. The topological polar surface area (TPSA) is 36.4 Å². The first kappa shape index (κ1) is 14.4. The predicted molar refractivity (Wildman–Crippen MR) is 88.1 cm³/mol. The molecule has 1 fully saturated rings. The van der Waals surface area contributed by atoms with Crippen molar-refractivity contribution >= 4 is 34.1 Å². The van der Waals surface area contributed by atoms with E-state index in [0.717, 1.165) is 36.2 Å². The van der Waals surface area contributed by atoms with Crippen molar-refractivity contribution < 1.29 is 4.79 Å². The van der Waals surface area contributed by atoms with E-state index in [2.05, 4.69) is 9.88 Å². The Hall–Kier alpha value is -1.53. The molecule has 0 spiro atoms. The number of benzene rings is 1. The van der Waals surface area contributed by atoms with Crippen LogP contribution in [0.15, 0.2) is 46.8 Å². The van der Waals surface area contributed by atoms with E-state index in [0.29, 0.717) is 5.75 Å². The Bertz CT molecular complexity index is 566. The molecule has 2 heterocycles. The largest absolute Gasteiger partial charge is 0.345 e. The van der Waals surface area contributed by atoms with Crippen LogP contribution in [0.25, 0.3) is 0 Å². The summed E-state index contributed by atoms with van der Waals surface area (Å²) in [6.07, 6.45) is 1.83. The Kier molecular flexibility index (Phi) is 4.77. The van der Waals surface area contributed by atoms with E-state index in [1.54, 1.807) is 23.1 Å². The van der Waals surface area contributed by atoms with Gasteiger partial charge in [0.1, 0.15) is 0 Å². The molecule has 2 aromatic rings. The molecule has 1 aliphatic heterocycles. The van der Waals surface area contributed by atoms with Gasteiger partial charge in [0.05, 0.1) is 5.75 Å². The maximum absolute atomic E-state index is 12.2. The lowest BCUT2D eigenvalue weighted by Gasteiger charge is -2.34. The van der Waals surface area contributed by atoms with Crippen molar-refractivity contribution in [2.75, 3.05) is 36.8 Å². The highest BCUT2D eigenvalue weighted by Gasteiger charge is 2.22. The molecule has 0 saturated carbocycles. The second-order valence-corrected chi connectivity index (χ2v) is 6.71. The first-order valence-corrected chi connectivity index (χ1v) is 8.79. The number of anilines is 1. The van der Waals surface area contributed by atoms with Gasteiger partial charge in [0, 0.05) is 42.7 Å². The number of nitrogens with zero attached hydrogens (tertiary/aromatic N) is 3. The van der Waals surface area contributed by atoms with Crippen molar-refractivity contribution in [1.82, 2.24) is 9.88 Å². The summed E-state index contributed by atoms with van der Waals surface area (Å²) in [5, 5.41) is 3.05. The minimum Gasteiger partial charge on any atom is -0.345 e. The van der Waals surface area contributed by atoms with Gasteiger partial charge in [-0.15, -0.1) is 23.1 Å². The van der Waals surface area contributed by atoms with Gasteiger partial charge < -0.3 is 9.80 Å². The average Bonchev–Trinajstić information content (AvgIpc) is 3.08. The first-order valence-electron chi connectivity index (χ1n) is 6.93. The van der Waals surface area contributed by atoms with Crippen molar-refractivity contribution in [3.05, 3.63) is 41.9 Å². The molecular weight excluding hydrogens is 302 g/mol. The number of piperazine rings is 1. The standard InChI is InChI=1S/C15H17N3OS2/c19-14(12-21-13-4-2-1-3-5-13)17-7-9-18(10-8-17)15-16-6-11-20-15/h1-6,11H,7-10,12H2. The van der Waals surface area contributed by atoms with Gasteiger partial charge in [-0.1, -0.05) is 18.2 Å². The van der Waals surface area contributed by atoms with E-state index in [1.807, 2.05) is 46.8 Å². The average molecular weight is 319 g/mol. The Labute approximate surface area is 132 Å². The summed E-state index contributed by atoms with van der Waals surface area (Å²) in [7, 11) is 0. The van der Waals surface area contributed by atoms with Crippen LogP contribution in [0.2, 0.25) is 0 Å². The lowest BCUT2D eigenvalue weighted by molar-refractivity contribution is -0.128. The van der Waals surface area contributed by atoms with Crippen LogP contribution in [0.5, 0.6) is 0 Å². The van der Waals surface area contributed by atoms with Crippen LogP contribution < -0.4 is 4.90 Å². The van der Waals surface area contributed by atoms with Crippen LogP contribution in [0.3, 0.4) is 0 Å². The highest BCUT2D eigenvalue weighted by molar-refractivity contribution is 8.00. The first-order chi connectivity index (χ1) is 10.3. The lowest BCUT2D eigenvalue weighted by Crippen LogP contribution is -2.49. The molecule has 1 saturated heterocycles. The zero-order chi connectivity index (χ0) is 14.5. The second kappa shape index (κ2) is 6.95. The van der Waals surface area contributed by atoms with E-state index in [9.17, 15) is 4.79 Å². The molecule has 3 rings (SSSR count). The normalized spacial score (nSPS) is 15.2. The Morgan fingerprint density at radius 1 is 1.19 bits per heavy atom. The maximum atomic E-state index is 12.2. The number of carbonyl (C=O) groups is 1. The van der Waals surface area contributed by atoms with Gasteiger partial charge in [-0.3, -0.25) is 4.79 Å². The SMILES string of the molecule is O=C(CSc1ccccc1)N1CCN(c2nccs2)CC1. The fourth-order valence-electron chi connectivity index (χ4n) is 2.27. The minimum atomic E-state index is 0.225. The van der Waals surface area contributed by atoms with Crippen LogP contribution in [0.4, 0.5) is 5.13 Å². The van der Waals surface area contributed by atoms with Gasteiger partial charge in [0.15, 0.2) is 5.13 Å². The molecule has 1 aromatic heterocycles. The summed E-state index contributed by atoms with van der Waals surface area (Å²) < 4.78 is 0. The van der Waals surface area contributed by atoms with Crippen LogP contribution in [0, 0.1) is 0 Å². The lowest BCUT2D eigenvalue weighted by atomic mass is 10.3. The Morgan fingerprint density at radius 3 is 2.62 bits per heavy atom. The third-order valence-electron chi connectivity index (χ3n) is 3.43. The van der Waals surface area contributed by atoms with Crippen molar-refractivity contribution in [3.63, 3.8) is 0 Å². The summed E-state index contributed by atoms with van der Waals surface area (Å²) in [5.74, 6) is 0.740. The van der Waals surface area contributed by atoms with Crippen LogP contribution in [-0.2, 0) is 4.79 Å². The van der Waals surface area contributed by atoms with Crippen LogP contribution in [-0.4, -0.2) is 47.7 Å². The van der Waals surface area contributed by atoms with Gasteiger partial charge in [-0.05, 0) is 12.1 Å². The summed E-state index contributed by atoms with van der Waals surface area (Å²) in [6, 6.07) is 10.1. The maximum Gasteiger partial charge on any atom is 0.233 e. The zero-order valence-electron chi connectivity index (χ0n) is 11.6. The molecule has 6 heteroatoms. The van der Waals surface area contributed by atoms with Gasteiger partial charge >= 0.3 is 0 Å². The molecule has 4 nitrogen and oxygen atoms in total. The van der Waals surface area contributed by atoms with E-state index < -0.39 is 0 Å². The molecular formula is C15H17N3OS2. The molecule has 1 amide bonds. The van der Waals surface area contributed by atoms with E-state index >= 15 is 0 Å². The summed E-state index contributed by atoms with van der Waals surface area (Å²) >= 11 is 3.26. The Morgan fingerprint density at radius 2 is 1.95 bits per heavy atom. The summed E-state index contributed by atoms with van der Waals surface area (Å²) in [5.41, 5.74) is 0. The number of amides is 1. The monoisotopic (exact) mass is 319 g/mol. The number of thioether (sulfide) groups is 1. The molecule has 21 heavy (non-hydrogen) atoms. The number of aromatic nitrogens is 1. The Balaban J connectivity index is 1.47. The third kappa shape index (κ3) is 3.77. The van der Waals surface area contributed by atoms with Crippen molar-refractivity contribution in [2.24, 2.45) is 0 Å². The molecule has 0 bridgehead atoms. The minimum absolute atomic E-state index is 0.225. The summed E-state index contributed by atoms with van der Waals surface area (Å²) in [6.45, 7) is 3.31. The number of hydrogen-bond donors (Lipinski definition) is 0. The van der Waals surface area contributed by atoms with Gasteiger partial charge in [0.2, 0.25) is 5.91 Å². The molecule has 110 valence electrons. The predicted octanol–water partition coefficient (Wildman–Crippen LogP) is 2.58. The molecule has 0 radical (unpaired) electrons. The summed E-state index contributed by atoms with van der Waals surface area (Å²) in [4.78, 5) is 21.9. The third-order valence-corrected chi connectivity index (χ3v) is 5.26. The molecule has 0 aliphatic carbocycles. The van der Waals surface area contributed by atoms with Crippen LogP contribution in [0.1, 0.15) is 0 Å². The number of hydrogen-bond acceptors (Lipinski definition) is 5. The van der Waals surface area contributed by atoms with Crippen LogP contribution >= 0.6 is 23.1 Å². The fraction of sp³-hybridized carbons (Fsp3) is 0.333. The highest BCUT2D eigenvalue weighted by atomic mass is 32.2.